The Bertz CT molecular complexity index is 1440. The van der Waals surface area contributed by atoms with Crippen LogP contribution in [0.2, 0.25) is 0 Å². The van der Waals surface area contributed by atoms with Crippen molar-refractivity contribution in [2.24, 2.45) is 0 Å². The molecule has 1 N–H and O–H groups in total. The van der Waals surface area contributed by atoms with Crippen molar-refractivity contribution in [1.29, 1.82) is 0 Å². The highest BCUT2D eigenvalue weighted by Gasteiger charge is 2.44. The molecule has 5 rings (SSSR count). The lowest BCUT2D eigenvalue weighted by Crippen LogP contribution is -2.29. The van der Waals surface area contributed by atoms with Gasteiger partial charge in [-0.2, -0.15) is 0 Å². The SMILES string of the molecule is CCOC(=O)C1=C(C)NC2=C(C(=O)c3ccccc32)[C@H]1c1cc(Br)ccc1OCc1ccc(C)cc1. The van der Waals surface area contributed by atoms with Gasteiger partial charge in [0.15, 0.2) is 5.78 Å². The molecular formula is C30H26BrNO4. The molecule has 5 nitrogen and oxygen atoms in total. The summed E-state index contributed by atoms with van der Waals surface area (Å²) < 4.78 is 12.6. The predicted octanol–water partition coefficient (Wildman–Crippen LogP) is 6.47. The Kier molecular flexibility index (Phi) is 6.54. The minimum absolute atomic E-state index is 0.100. The maximum atomic E-state index is 13.7. The van der Waals surface area contributed by atoms with E-state index in [-0.39, 0.29) is 12.4 Å². The van der Waals surface area contributed by atoms with Crippen LogP contribution in [0.3, 0.4) is 0 Å². The average Bonchev–Trinajstić information content (AvgIpc) is 3.15. The fourth-order valence-electron chi connectivity index (χ4n) is 4.84. The second-order valence-corrected chi connectivity index (χ2v) is 9.85. The fourth-order valence-corrected chi connectivity index (χ4v) is 5.22. The first-order valence-corrected chi connectivity index (χ1v) is 12.7. The summed E-state index contributed by atoms with van der Waals surface area (Å²) in [5.74, 6) is -0.592. The molecule has 0 fully saturated rings. The number of allylic oxidation sites excluding steroid dienone is 2. The van der Waals surface area contributed by atoms with Gasteiger partial charge in [-0.15, -0.1) is 0 Å². The molecule has 6 heteroatoms. The molecule has 36 heavy (non-hydrogen) atoms. The third kappa shape index (κ3) is 4.26. The van der Waals surface area contributed by atoms with E-state index in [1.165, 1.54) is 5.56 Å². The van der Waals surface area contributed by atoms with Crippen molar-refractivity contribution in [3.05, 3.63) is 116 Å². The number of ether oxygens (including phenoxy) is 2. The van der Waals surface area contributed by atoms with Crippen molar-refractivity contribution in [3.63, 3.8) is 0 Å². The van der Waals surface area contributed by atoms with Crippen molar-refractivity contribution in [1.82, 2.24) is 5.32 Å². The number of Topliss-reactive ketones (excluding diaryl/α,β-unsaturated/α-hetero) is 1. The van der Waals surface area contributed by atoms with Gasteiger partial charge in [-0.1, -0.05) is 70.0 Å². The number of nitrogens with one attached hydrogen (secondary N) is 1. The van der Waals surface area contributed by atoms with Gasteiger partial charge in [-0.05, 0) is 44.5 Å². The van der Waals surface area contributed by atoms with Gasteiger partial charge in [0, 0.05) is 32.4 Å². The number of halogens is 1. The van der Waals surface area contributed by atoms with Gasteiger partial charge in [-0.3, -0.25) is 4.79 Å². The number of hydrogen-bond acceptors (Lipinski definition) is 5. The molecule has 182 valence electrons. The zero-order valence-electron chi connectivity index (χ0n) is 20.4. The Morgan fingerprint density at radius 1 is 1.00 bits per heavy atom. The highest BCUT2D eigenvalue weighted by Crippen LogP contribution is 2.49. The average molecular weight is 544 g/mol. The highest BCUT2D eigenvalue weighted by atomic mass is 79.9. The highest BCUT2D eigenvalue weighted by molar-refractivity contribution is 9.10. The first-order valence-electron chi connectivity index (χ1n) is 11.9. The molecule has 3 aromatic carbocycles. The molecule has 1 atom stereocenters. The van der Waals surface area contributed by atoms with Crippen molar-refractivity contribution in [2.75, 3.05) is 6.61 Å². The standard InChI is InChI=1S/C30H26BrNO4/c1-4-35-30(34)25-18(3)32-28-21-7-5-6-8-22(21)29(33)27(28)26(25)23-15-20(31)13-14-24(23)36-16-19-11-9-17(2)10-12-19/h5-15,26,32H,4,16H2,1-3H3/t26-/m0/s1. The second kappa shape index (κ2) is 9.78. The van der Waals surface area contributed by atoms with Gasteiger partial charge in [0.2, 0.25) is 0 Å². The molecule has 0 bridgehead atoms. The third-order valence-electron chi connectivity index (χ3n) is 6.54. The van der Waals surface area contributed by atoms with Crippen molar-refractivity contribution in [2.45, 2.75) is 33.3 Å². The minimum Gasteiger partial charge on any atom is -0.489 e. The number of fused-ring (bicyclic) bond motifs is 2. The topological polar surface area (TPSA) is 64.6 Å². The first-order chi connectivity index (χ1) is 17.4. The number of carbonyl (C=O) groups is 2. The molecule has 0 amide bonds. The van der Waals surface area contributed by atoms with Crippen LogP contribution in [-0.4, -0.2) is 18.4 Å². The van der Waals surface area contributed by atoms with E-state index >= 15 is 0 Å². The summed E-state index contributed by atoms with van der Waals surface area (Å²) in [6.45, 7) is 6.26. The molecule has 2 aliphatic rings. The molecule has 3 aromatic rings. The zero-order valence-corrected chi connectivity index (χ0v) is 21.9. The number of carbonyl (C=O) groups excluding carboxylic acids is 2. The maximum Gasteiger partial charge on any atom is 0.336 e. The number of dihydropyridines is 1. The van der Waals surface area contributed by atoms with Gasteiger partial charge in [0.1, 0.15) is 12.4 Å². The number of esters is 1. The largest absolute Gasteiger partial charge is 0.489 e. The minimum atomic E-state index is -0.647. The molecular weight excluding hydrogens is 518 g/mol. The molecule has 0 saturated carbocycles. The summed E-state index contributed by atoms with van der Waals surface area (Å²) in [6.07, 6.45) is 0. The molecule has 1 aliphatic heterocycles. The van der Waals surface area contributed by atoms with E-state index in [1.54, 1.807) is 6.92 Å². The van der Waals surface area contributed by atoms with E-state index in [0.29, 0.717) is 34.8 Å². The zero-order chi connectivity index (χ0) is 25.4. The lowest BCUT2D eigenvalue weighted by Gasteiger charge is -2.30. The quantitative estimate of drug-likeness (QED) is 0.361. The fraction of sp³-hybridized carbons (Fsp3) is 0.200. The number of aryl methyl sites for hydroxylation is 1. The molecule has 0 aromatic heterocycles. The van der Waals surface area contributed by atoms with Crippen LogP contribution in [0.15, 0.2) is 88.0 Å². The summed E-state index contributed by atoms with van der Waals surface area (Å²) in [4.78, 5) is 27.0. The Balaban J connectivity index is 1.64. The lowest BCUT2D eigenvalue weighted by molar-refractivity contribution is -0.138. The summed E-state index contributed by atoms with van der Waals surface area (Å²) in [5.41, 5.74) is 6.73. The molecule has 1 heterocycles. The van der Waals surface area contributed by atoms with E-state index in [2.05, 4.69) is 21.2 Å². The van der Waals surface area contributed by atoms with Gasteiger partial charge in [-0.25, -0.2) is 4.79 Å². The van der Waals surface area contributed by atoms with Crippen LogP contribution < -0.4 is 10.1 Å². The van der Waals surface area contributed by atoms with Crippen LogP contribution in [0.5, 0.6) is 5.75 Å². The Morgan fingerprint density at radius 3 is 2.44 bits per heavy atom. The van der Waals surface area contributed by atoms with Crippen molar-refractivity contribution >= 4 is 33.4 Å². The van der Waals surface area contributed by atoms with Crippen LogP contribution in [-0.2, 0) is 16.1 Å². The third-order valence-corrected chi connectivity index (χ3v) is 7.04. The Labute approximate surface area is 219 Å². The molecule has 0 unspecified atom stereocenters. The normalized spacial score (nSPS) is 16.4. The lowest BCUT2D eigenvalue weighted by atomic mass is 9.79. The van der Waals surface area contributed by atoms with Crippen LogP contribution in [0.25, 0.3) is 5.70 Å². The van der Waals surface area contributed by atoms with Crippen molar-refractivity contribution in [3.8, 4) is 5.75 Å². The smallest absolute Gasteiger partial charge is 0.336 e. The van der Waals surface area contributed by atoms with Crippen LogP contribution in [0.1, 0.15) is 52.4 Å². The molecule has 0 radical (unpaired) electrons. The second-order valence-electron chi connectivity index (χ2n) is 8.94. The van der Waals surface area contributed by atoms with E-state index in [0.717, 1.165) is 26.9 Å². The first kappa shape index (κ1) is 24.1. The van der Waals surface area contributed by atoms with Crippen LogP contribution in [0, 0.1) is 6.92 Å². The molecule has 0 saturated heterocycles. The summed E-state index contributed by atoms with van der Waals surface area (Å²) in [5, 5.41) is 3.34. The van der Waals surface area contributed by atoms with Crippen molar-refractivity contribution < 1.29 is 19.1 Å². The van der Waals surface area contributed by atoms with Gasteiger partial charge in [0.25, 0.3) is 0 Å². The van der Waals surface area contributed by atoms with E-state index in [4.69, 9.17) is 9.47 Å². The summed E-state index contributed by atoms with van der Waals surface area (Å²) >= 11 is 3.58. The van der Waals surface area contributed by atoms with E-state index in [1.807, 2.05) is 80.6 Å². The Morgan fingerprint density at radius 2 is 1.72 bits per heavy atom. The van der Waals surface area contributed by atoms with E-state index in [9.17, 15) is 9.59 Å². The van der Waals surface area contributed by atoms with Gasteiger partial charge >= 0.3 is 5.97 Å². The number of ketones is 1. The predicted molar refractivity (Wildman–Crippen MR) is 143 cm³/mol. The molecule has 1 aliphatic carbocycles. The number of hydrogen-bond donors (Lipinski definition) is 1. The monoisotopic (exact) mass is 543 g/mol. The summed E-state index contributed by atoms with van der Waals surface area (Å²) in [7, 11) is 0. The van der Waals surface area contributed by atoms with Crippen LogP contribution >= 0.6 is 15.9 Å². The number of benzene rings is 3. The Hall–Kier alpha value is -3.64. The number of rotatable bonds is 6. The van der Waals surface area contributed by atoms with Gasteiger partial charge in [0.05, 0.1) is 23.8 Å². The van der Waals surface area contributed by atoms with Crippen LogP contribution in [0.4, 0.5) is 0 Å². The van der Waals surface area contributed by atoms with E-state index < -0.39 is 11.9 Å². The maximum absolute atomic E-state index is 13.7. The summed E-state index contributed by atoms with van der Waals surface area (Å²) in [6, 6.07) is 21.4. The molecule has 0 spiro atoms. The van der Waals surface area contributed by atoms with Gasteiger partial charge < -0.3 is 14.8 Å².